The van der Waals surface area contributed by atoms with Crippen molar-refractivity contribution in [2.24, 2.45) is 0 Å². The van der Waals surface area contributed by atoms with Crippen LogP contribution in [0.3, 0.4) is 0 Å². The molecule has 0 fully saturated rings. The Hall–Kier alpha value is -1.90. The molecule has 1 unspecified atom stereocenters. The maximum Gasteiger partial charge on any atom is 0.246 e. The number of carbonyl (C=O) groups is 1. The number of carbonyl (C=O) groups excluding carboxylic acids is 1. The van der Waals surface area contributed by atoms with Gasteiger partial charge in [-0.25, -0.2) is 0 Å². The van der Waals surface area contributed by atoms with Gasteiger partial charge in [-0.2, -0.15) is 0 Å². The van der Waals surface area contributed by atoms with Crippen LogP contribution in [0.5, 0.6) is 0 Å². The molecule has 0 saturated carbocycles. The van der Waals surface area contributed by atoms with Crippen molar-refractivity contribution in [1.29, 1.82) is 0 Å². The van der Waals surface area contributed by atoms with Crippen LogP contribution in [0.1, 0.15) is 11.2 Å². The molecule has 4 nitrogen and oxygen atoms in total. The minimum atomic E-state index is -3.88. The first-order valence-corrected chi connectivity index (χ1v) is 8.31. The normalized spacial score (nSPS) is 15.0. The summed E-state index contributed by atoms with van der Waals surface area (Å²) in [6.45, 7) is 0. The summed E-state index contributed by atoms with van der Waals surface area (Å²) in [5, 5.41) is 0.286. The Bertz CT molecular complexity index is 656. The molecule has 0 saturated heterocycles. The average molecular weight is 303 g/mol. The Morgan fingerprint density at radius 2 is 1.48 bits per heavy atom. The standard InChI is InChI=1S/C16H18NO3P/c1-17(2)16(18)15(13-9-5-3-6-10-13)21(19,20)14-11-7-4-8-12-14/h3-12,15H,1-2H3,(H,19,20)/t15-/m1/s1. The van der Waals surface area contributed by atoms with Gasteiger partial charge in [0.25, 0.3) is 0 Å². The Balaban J connectivity index is 2.55. The number of rotatable bonds is 4. The summed E-state index contributed by atoms with van der Waals surface area (Å²) in [5.41, 5.74) is -0.540. The van der Waals surface area contributed by atoms with Gasteiger partial charge in [0, 0.05) is 19.4 Å². The molecule has 0 aromatic heterocycles. The van der Waals surface area contributed by atoms with E-state index in [1.54, 1.807) is 68.7 Å². The van der Waals surface area contributed by atoms with Crippen LogP contribution in [0.25, 0.3) is 0 Å². The van der Waals surface area contributed by atoms with Crippen molar-refractivity contribution < 1.29 is 14.3 Å². The summed E-state index contributed by atoms with van der Waals surface area (Å²) in [6.07, 6.45) is 0. The highest BCUT2D eigenvalue weighted by atomic mass is 31.2. The Morgan fingerprint density at radius 3 is 1.95 bits per heavy atom. The number of amides is 1. The Kier molecular flexibility index (Phi) is 4.61. The largest absolute Gasteiger partial charge is 0.348 e. The van der Waals surface area contributed by atoms with Crippen molar-refractivity contribution in [2.75, 3.05) is 14.1 Å². The lowest BCUT2D eigenvalue weighted by Gasteiger charge is -2.25. The topological polar surface area (TPSA) is 57.6 Å². The molecule has 0 heterocycles. The fourth-order valence-electron chi connectivity index (χ4n) is 2.16. The van der Waals surface area contributed by atoms with E-state index in [2.05, 4.69) is 0 Å². The van der Waals surface area contributed by atoms with E-state index in [1.807, 2.05) is 6.07 Å². The molecule has 2 atom stereocenters. The zero-order chi connectivity index (χ0) is 15.5. The molecule has 2 rings (SSSR count). The van der Waals surface area contributed by atoms with E-state index in [-0.39, 0.29) is 11.2 Å². The monoisotopic (exact) mass is 303 g/mol. The molecule has 0 aliphatic carbocycles. The third-order valence-electron chi connectivity index (χ3n) is 3.27. The molecular weight excluding hydrogens is 285 g/mol. The molecule has 1 amide bonds. The number of hydrogen-bond donors (Lipinski definition) is 1. The van der Waals surface area contributed by atoms with Gasteiger partial charge in [0.05, 0.1) is 0 Å². The maximum absolute atomic E-state index is 13.0. The van der Waals surface area contributed by atoms with Crippen molar-refractivity contribution in [3.8, 4) is 0 Å². The summed E-state index contributed by atoms with van der Waals surface area (Å²) < 4.78 is 13.0. The van der Waals surface area contributed by atoms with E-state index in [4.69, 9.17) is 0 Å². The number of benzene rings is 2. The van der Waals surface area contributed by atoms with Gasteiger partial charge in [0.1, 0.15) is 5.66 Å². The average Bonchev–Trinajstić information content (AvgIpc) is 2.49. The van der Waals surface area contributed by atoms with Crippen molar-refractivity contribution in [1.82, 2.24) is 4.90 Å². The molecule has 2 aromatic rings. The summed E-state index contributed by atoms with van der Waals surface area (Å²) in [6, 6.07) is 17.1. The van der Waals surface area contributed by atoms with Crippen molar-refractivity contribution >= 4 is 18.6 Å². The van der Waals surface area contributed by atoms with Crippen LogP contribution in [0.2, 0.25) is 0 Å². The van der Waals surface area contributed by atoms with E-state index < -0.39 is 13.0 Å². The third kappa shape index (κ3) is 3.23. The second kappa shape index (κ2) is 6.25. The van der Waals surface area contributed by atoms with Crippen LogP contribution in [-0.2, 0) is 9.36 Å². The highest BCUT2D eigenvalue weighted by Gasteiger charge is 2.40. The lowest BCUT2D eigenvalue weighted by atomic mass is 10.1. The van der Waals surface area contributed by atoms with Gasteiger partial charge in [-0.15, -0.1) is 0 Å². The van der Waals surface area contributed by atoms with Crippen LogP contribution < -0.4 is 5.30 Å². The summed E-state index contributed by atoms with van der Waals surface area (Å²) in [7, 11) is -0.705. The minimum absolute atomic E-state index is 0.286. The molecule has 21 heavy (non-hydrogen) atoms. The van der Waals surface area contributed by atoms with Crippen LogP contribution in [-0.4, -0.2) is 29.8 Å². The smallest absolute Gasteiger partial charge is 0.246 e. The molecule has 0 bridgehead atoms. The van der Waals surface area contributed by atoms with Gasteiger partial charge in [-0.05, 0) is 17.7 Å². The van der Waals surface area contributed by atoms with Crippen molar-refractivity contribution in [3.63, 3.8) is 0 Å². The van der Waals surface area contributed by atoms with E-state index in [0.29, 0.717) is 5.56 Å². The zero-order valence-electron chi connectivity index (χ0n) is 12.0. The van der Waals surface area contributed by atoms with Gasteiger partial charge in [0.15, 0.2) is 0 Å². The number of likely N-dealkylation sites (N-methyl/N-ethyl adjacent to an activating group) is 1. The number of hydrogen-bond acceptors (Lipinski definition) is 2. The lowest BCUT2D eigenvalue weighted by Crippen LogP contribution is -2.30. The van der Waals surface area contributed by atoms with Gasteiger partial charge in [0.2, 0.25) is 13.3 Å². The SMILES string of the molecule is CN(C)C(=O)[C@@H](c1ccccc1)P(=O)(O)c1ccccc1. The Morgan fingerprint density at radius 1 is 1.00 bits per heavy atom. The summed E-state index contributed by atoms with van der Waals surface area (Å²) in [5.74, 6) is -0.379. The first kappa shape index (κ1) is 15.5. The maximum atomic E-state index is 13.0. The second-order valence-electron chi connectivity index (χ2n) is 5.00. The highest BCUT2D eigenvalue weighted by molar-refractivity contribution is 7.67. The molecule has 2 aromatic carbocycles. The molecule has 0 aliphatic rings. The van der Waals surface area contributed by atoms with Crippen LogP contribution in [0, 0.1) is 0 Å². The third-order valence-corrected chi connectivity index (χ3v) is 5.52. The van der Waals surface area contributed by atoms with E-state index in [1.165, 1.54) is 4.90 Å². The van der Waals surface area contributed by atoms with Gasteiger partial charge in [-0.1, -0.05) is 48.5 Å². The lowest BCUT2D eigenvalue weighted by molar-refractivity contribution is -0.128. The molecule has 1 N–H and O–H groups in total. The summed E-state index contributed by atoms with van der Waals surface area (Å²) in [4.78, 5) is 24.4. The van der Waals surface area contributed by atoms with Crippen LogP contribution >= 0.6 is 7.37 Å². The predicted molar refractivity (Wildman–Crippen MR) is 83.8 cm³/mol. The predicted octanol–water partition coefficient (Wildman–Crippen LogP) is 2.41. The van der Waals surface area contributed by atoms with Gasteiger partial charge < -0.3 is 9.79 Å². The fraction of sp³-hybridized carbons (Fsp3) is 0.188. The van der Waals surface area contributed by atoms with Gasteiger partial charge in [-0.3, -0.25) is 9.36 Å². The van der Waals surface area contributed by atoms with E-state index in [0.717, 1.165) is 0 Å². The molecule has 0 radical (unpaired) electrons. The highest BCUT2D eigenvalue weighted by Crippen LogP contribution is 2.55. The van der Waals surface area contributed by atoms with Gasteiger partial charge >= 0.3 is 0 Å². The van der Waals surface area contributed by atoms with Crippen molar-refractivity contribution in [2.45, 2.75) is 5.66 Å². The molecular formula is C16H18NO3P. The van der Waals surface area contributed by atoms with Crippen molar-refractivity contribution in [3.05, 3.63) is 66.2 Å². The fourth-order valence-corrected chi connectivity index (χ4v) is 4.17. The molecule has 0 aliphatic heterocycles. The summed E-state index contributed by atoms with van der Waals surface area (Å²) >= 11 is 0. The Labute approximate surface area is 124 Å². The first-order chi connectivity index (χ1) is 9.94. The van der Waals surface area contributed by atoms with E-state index in [9.17, 15) is 14.3 Å². The van der Waals surface area contributed by atoms with Crippen LogP contribution in [0.15, 0.2) is 60.7 Å². The zero-order valence-corrected chi connectivity index (χ0v) is 12.9. The minimum Gasteiger partial charge on any atom is -0.348 e. The first-order valence-electron chi connectivity index (χ1n) is 6.59. The number of nitrogens with zero attached hydrogens (tertiary/aromatic N) is 1. The second-order valence-corrected chi connectivity index (χ2v) is 7.28. The van der Waals surface area contributed by atoms with E-state index >= 15 is 0 Å². The van der Waals surface area contributed by atoms with Crippen LogP contribution in [0.4, 0.5) is 0 Å². The molecule has 0 spiro atoms. The quantitative estimate of drug-likeness (QED) is 0.883. The molecule has 110 valence electrons. The molecule has 5 heteroatoms.